The van der Waals surface area contributed by atoms with Gasteiger partial charge in [0.1, 0.15) is 17.5 Å². The second-order valence-corrected chi connectivity index (χ2v) is 5.86. The number of carbonyl (C=O) groups excluding carboxylic acids is 1. The van der Waals surface area contributed by atoms with E-state index in [0.717, 1.165) is 0 Å². The van der Waals surface area contributed by atoms with Crippen molar-refractivity contribution in [1.82, 2.24) is 9.97 Å². The number of hydrogen-bond acceptors (Lipinski definition) is 7. The minimum atomic E-state index is -0.986. The number of nitrogens with zero attached hydrogens (tertiary/aromatic N) is 2. The summed E-state index contributed by atoms with van der Waals surface area (Å²) in [5, 5.41) is 15.2. The van der Waals surface area contributed by atoms with Crippen molar-refractivity contribution in [2.75, 3.05) is 17.7 Å². The summed E-state index contributed by atoms with van der Waals surface area (Å²) in [5.41, 5.74) is 1.83. The van der Waals surface area contributed by atoms with Gasteiger partial charge in [-0.1, -0.05) is 12.1 Å². The number of carbonyl (C=O) groups is 2. The second-order valence-electron chi connectivity index (χ2n) is 5.86. The Labute approximate surface area is 161 Å². The Bertz CT molecular complexity index is 1020. The van der Waals surface area contributed by atoms with E-state index in [9.17, 15) is 9.59 Å². The fourth-order valence-electron chi connectivity index (χ4n) is 2.56. The average Bonchev–Trinajstić information content (AvgIpc) is 2.68. The van der Waals surface area contributed by atoms with Gasteiger partial charge in [0.25, 0.3) is 0 Å². The van der Waals surface area contributed by atoms with Gasteiger partial charge in [0, 0.05) is 11.8 Å². The normalized spacial score (nSPS) is 10.2. The van der Waals surface area contributed by atoms with Crippen molar-refractivity contribution in [3.63, 3.8) is 0 Å². The predicted octanol–water partition coefficient (Wildman–Crippen LogP) is 3.76. The van der Waals surface area contributed by atoms with E-state index in [-0.39, 0.29) is 5.56 Å². The van der Waals surface area contributed by atoms with Gasteiger partial charge in [-0.3, -0.25) is 0 Å². The number of anilines is 4. The zero-order chi connectivity index (χ0) is 20.1. The molecular formula is C20H18N4O4. The molecule has 0 unspecified atom stereocenters. The van der Waals surface area contributed by atoms with Crippen molar-refractivity contribution in [2.45, 2.75) is 6.92 Å². The molecule has 0 spiro atoms. The molecule has 0 saturated carbocycles. The molecule has 8 nitrogen and oxygen atoms in total. The van der Waals surface area contributed by atoms with E-state index in [1.54, 1.807) is 49.4 Å². The van der Waals surface area contributed by atoms with Crippen molar-refractivity contribution < 1.29 is 19.4 Å². The van der Waals surface area contributed by atoms with Crippen LogP contribution in [0, 0.1) is 6.92 Å². The summed E-state index contributed by atoms with van der Waals surface area (Å²) >= 11 is 0. The number of methoxy groups -OCH3 is 1. The lowest BCUT2D eigenvalue weighted by molar-refractivity contribution is 0.0601. The van der Waals surface area contributed by atoms with Crippen molar-refractivity contribution in [2.24, 2.45) is 0 Å². The lowest BCUT2D eigenvalue weighted by Gasteiger charge is -2.12. The fraction of sp³-hybridized carbons (Fsp3) is 0.100. The second kappa shape index (κ2) is 8.17. The molecule has 0 aliphatic carbocycles. The number of aryl methyl sites for hydroxylation is 1. The molecule has 0 fully saturated rings. The molecule has 0 saturated heterocycles. The van der Waals surface area contributed by atoms with E-state index in [1.807, 2.05) is 0 Å². The Morgan fingerprint density at radius 3 is 2.25 bits per heavy atom. The number of nitrogens with one attached hydrogen (secondary N) is 2. The summed E-state index contributed by atoms with van der Waals surface area (Å²) in [6.07, 6.45) is 0. The first kappa shape index (κ1) is 18.8. The summed E-state index contributed by atoms with van der Waals surface area (Å²) in [7, 11) is 1.33. The van der Waals surface area contributed by atoms with E-state index in [0.29, 0.717) is 34.4 Å². The topological polar surface area (TPSA) is 113 Å². The van der Waals surface area contributed by atoms with Crippen LogP contribution in [0.3, 0.4) is 0 Å². The third-order valence-corrected chi connectivity index (χ3v) is 3.84. The number of esters is 1. The number of carboxylic acids is 1. The highest BCUT2D eigenvalue weighted by atomic mass is 16.5. The van der Waals surface area contributed by atoms with Crippen molar-refractivity contribution in [3.8, 4) is 0 Å². The lowest BCUT2D eigenvalue weighted by Crippen LogP contribution is -2.07. The molecule has 0 aliphatic heterocycles. The van der Waals surface area contributed by atoms with Crippen LogP contribution < -0.4 is 10.6 Å². The highest BCUT2D eigenvalue weighted by molar-refractivity contribution is 5.96. The van der Waals surface area contributed by atoms with Gasteiger partial charge in [-0.2, -0.15) is 0 Å². The molecule has 1 aromatic heterocycles. The van der Waals surface area contributed by atoms with Gasteiger partial charge in [0.15, 0.2) is 0 Å². The number of rotatable bonds is 6. The molecule has 142 valence electrons. The zero-order valence-electron chi connectivity index (χ0n) is 15.3. The summed E-state index contributed by atoms with van der Waals surface area (Å²) in [6.45, 7) is 1.75. The minimum absolute atomic E-state index is 0.200. The van der Waals surface area contributed by atoms with Gasteiger partial charge in [-0.25, -0.2) is 19.6 Å². The molecule has 28 heavy (non-hydrogen) atoms. The summed E-state index contributed by atoms with van der Waals surface area (Å²) in [5.74, 6) is 0.0956. The minimum Gasteiger partial charge on any atom is -0.478 e. The van der Waals surface area contributed by atoms with Gasteiger partial charge in [-0.15, -0.1) is 0 Å². The van der Waals surface area contributed by atoms with Gasteiger partial charge in [0.05, 0.1) is 23.9 Å². The number of ether oxygens (including phenoxy) is 1. The molecule has 0 amide bonds. The Morgan fingerprint density at radius 1 is 0.964 bits per heavy atom. The number of aromatic carboxylic acids is 1. The maximum absolute atomic E-state index is 11.9. The Morgan fingerprint density at radius 2 is 1.61 bits per heavy atom. The van der Waals surface area contributed by atoms with E-state index < -0.39 is 11.9 Å². The fourth-order valence-corrected chi connectivity index (χ4v) is 2.56. The van der Waals surface area contributed by atoms with E-state index in [4.69, 9.17) is 9.84 Å². The molecule has 3 N–H and O–H groups in total. The SMILES string of the molecule is COC(=O)c1ccccc1Nc1cc(Nc2ccc(C(=O)O)cc2)nc(C)n1. The van der Waals surface area contributed by atoms with Crippen molar-refractivity contribution in [1.29, 1.82) is 0 Å². The molecule has 0 atom stereocenters. The van der Waals surface area contributed by atoms with Crippen LogP contribution in [0.25, 0.3) is 0 Å². The first-order chi connectivity index (χ1) is 13.5. The van der Waals surface area contributed by atoms with Crippen LogP contribution in [-0.2, 0) is 4.74 Å². The van der Waals surface area contributed by atoms with Crippen LogP contribution in [0.5, 0.6) is 0 Å². The number of benzene rings is 2. The molecule has 3 aromatic rings. The van der Waals surface area contributed by atoms with Crippen LogP contribution in [0.15, 0.2) is 54.6 Å². The van der Waals surface area contributed by atoms with Crippen molar-refractivity contribution >= 4 is 34.9 Å². The van der Waals surface area contributed by atoms with E-state index >= 15 is 0 Å². The summed E-state index contributed by atoms with van der Waals surface area (Å²) < 4.78 is 4.80. The number of carboxylic acid groups (broad SMARTS) is 1. The number of para-hydroxylation sites is 1. The molecule has 0 radical (unpaired) electrons. The van der Waals surface area contributed by atoms with Crippen LogP contribution in [0.2, 0.25) is 0 Å². The quantitative estimate of drug-likeness (QED) is 0.556. The smallest absolute Gasteiger partial charge is 0.339 e. The van der Waals surface area contributed by atoms with Crippen molar-refractivity contribution in [3.05, 3.63) is 71.5 Å². The molecule has 0 bridgehead atoms. The summed E-state index contributed by atoms with van der Waals surface area (Å²) in [6, 6.07) is 15.0. The largest absolute Gasteiger partial charge is 0.478 e. The van der Waals surface area contributed by atoms with Gasteiger partial charge in [-0.05, 0) is 43.3 Å². The third kappa shape index (κ3) is 4.42. The Kier molecular flexibility index (Phi) is 5.50. The Hall–Kier alpha value is -3.94. The van der Waals surface area contributed by atoms with Crippen LogP contribution in [0.1, 0.15) is 26.5 Å². The predicted molar refractivity (Wildman–Crippen MR) is 105 cm³/mol. The lowest BCUT2D eigenvalue weighted by atomic mass is 10.2. The molecule has 1 heterocycles. The molecule has 3 rings (SSSR count). The molecular weight excluding hydrogens is 360 g/mol. The molecule has 2 aromatic carbocycles. The maximum atomic E-state index is 11.9. The Balaban J connectivity index is 1.84. The number of aromatic nitrogens is 2. The van der Waals surface area contributed by atoms with E-state index in [2.05, 4.69) is 20.6 Å². The summed E-state index contributed by atoms with van der Waals surface area (Å²) in [4.78, 5) is 31.5. The first-order valence-electron chi connectivity index (χ1n) is 8.36. The van der Waals surface area contributed by atoms with E-state index in [1.165, 1.54) is 19.2 Å². The highest BCUT2D eigenvalue weighted by Gasteiger charge is 2.12. The monoisotopic (exact) mass is 378 g/mol. The van der Waals surface area contributed by atoms with Crippen LogP contribution >= 0.6 is 0 Å². The standard InChI is InChI=1S/C20H18N4O4/c1-12-21-17(23-14-9-7-13(8-10-14)19(25)26)11-18(22-12)24-16-6-4-3-5-15(16)20(27)28-2/h3-11H,1-2H3,(H,25,26)(H2,21,22,23,24). The molecule has 8 heteroatoms. The van der Waals surface area contributed by atoms with Crippen LogP contribution in [0.4, 0.5) is 23.0 Å². The van der Waals surface area contributed by atoms with Gasteiger partial charge in [0.2, 0.25) is 0 Å². The zero-order valence-corrected chi connectivity index (χ0v) is 15.3. The van der Waals surface area contributed by atoms with Crippen LogP contribution in [-0.4, -0.2) is 34.1 Å². The molecule has 0 aliphatic rings. The highest BCUT2D eigenvalue weighted by Crippen LogP contribution is 2.23. The van der Waals surface area contributed by atoms with Gasteiger partial charge >= 0.3 is 11.9 Å². The maximum Gasteiger partial charge on any atom is 0.339 e. The third-order valence-electron chi connectivity index (χ3n) is 3.84. The average molecular weight is 378 g/mol. The first-order valence-corrected chi connectivity index (χ1v) is 8.36. The number of hydrogen-bond donors (Lipinski definition) is 3. The van der Waals surface area contributed by atoms with Gasteiger partial charge < -0.3 is 20.5 Å².